The van der Waals surface area contributed by atoms with Gasteiger partial charge in [-0.1, -0.05) is 34.1 Å². The van der Waals surface area contributed by atoms with Crippen molar-refractivity contribution in [3.63, 3.8) is 0 Å². The molecule has 0 aliphatic carbocycles. The molecule has 0 spiro atoms. The van der Waals surface area contributed by atoms with Crippen LogP contribution in [-0.4, -0.2) is 9.55 Å². The van der Waals surface area contributed by atoms with E-state index < -0.39 is 0 Å². The number of imidazole rings is 1. The number of fused-ring (bicyclic) bond motifs is 1. The second-order valence-corrected chi connectivity index (χ2v) is 6.87. The van der Waals surface area contributed by atoms with Crippen molar-refractivity contribution in [2.24, 2.45) is 0 Å². The zero-order valence-corrected chi connectivity index (χ0v) is 14.5. The third kappa shape index (κ3) is 2.49. The molecule has 2 nitrogen and oxygen atoms in total. The average molecular weight is 364 g/mol. The van der Waals surface area contributed by atoms with Gasteiger partial charge in [-0.3, -0.25) is 4.57 Å². The van der Waals surface area contributed by atoms with Gasteiger partial charge < -0.3 is 0 Å². The molecule has 0 N–H and O–H groups in total. The first-order chi connectivity index (χ1) is 9.99. The molecule has 0 fully saturated rings. The number of alkyl halides is 1. The van der Waals surface area contributed by atoms with Gasteiger partial charge in [0.2, 0.25) is 0 Å². The molecule has 0 aliphatic rings. The minimum atomic E-state index is -0.157. The topological polar surface area (TPSA) is 17.8 Å². The summed E-state index contributed by atoms with van der Waals surface area (Å²) in [4.78, 5) is 4.74. The lowest BCUT2D eigenvalue weighted by Gasteiger charge is -2.14. The highest BCUT2D eigenvalue weighted by atomic mass is 79.9. The molecular weight excluding hydrogens is 348 g/mol. The Morgan fingerprint density at radius 2 is 1.90 bits per heavy atom. The predicted molar refractivity (Wildman–Crippen MR) is 92.5 cm³/mol. The van der Waals surface area contributed by atoms with Crippen molar-refractivity contribution < 1.29 is 0 Å². The Bertz CT molecular complexity index is 821. The lowest BCUT2D eigenvalue weighted by Crippen LogP contribution is -2.04. The van der Waals surface area contributed by atoms with Gasteiger partial charge in [-0.05, 0) is 50.1 Å². The molecule has 0 saturated carbocycles. The van der Waals surface area contributed by atoms with Crippen LogP contribution in [-0.2, 0) is 0 Å². The van der Waals surface area contributed by atoms with E-state index in [1.807, 2.05) is 19.1 Å². The van der Waals surface area contributed by atoms with Crippen LogP contribution in [0.3, 0.4) is 0 Å². The summed E-state index contributed by atoms with van der Waals surface area (Å²) in [6.45, 7) is 6.17. The number of nitrogens with zero attached hydrogens (tertiary/aromatic N) is 2. The second kappa shape index (κ2) is 5.47. The lowest BCUT2D eigenvalue weighted by atomic mass is 10.1. The van der Waals surface area contributed by atoms with Crippen LogP contribution < -0.4 is 0 Å². The van der Waals surface area contributed by atoms with Crippen LogP contribution in [0, 0.1) is 13.8 Å². The summed E-state index contributed by atoms with van der Waals surface area (Å²) in [6.07, 6.45) is 0. The highest BCUT2D eigenvalue weighted by Gasteiger charge is 2.18. The molecule has 0 radical (unpaired) electrons. The number of aromatic nitrogens is 2. The van der Waals surface area contributed by atoms with Crippen molar-refractivity contribution in [3.05, 3.63) is 57.8 Å². The number of halogens is 2. The van der Waals surface area contributed by atoms with Crippen LogP contribution in [0.4, 0.5) is 0 Å². The summed E-state index contributed by atoms with van der Waals surface area (Å²) >= 11 is 9.94. The minimum absolute atomic E-state index is 0.157. The fourth-order valence-electron chi connectivity index (χ4n) is 2.65. The van der Waals surface area contributed by atoms with Crippen LogP contribution in [0.15, 0.2) is 40.9 Å². The minimum Gasteiger partial charge on any atom is -0.294 e. The predicted octanol–water partition coefficient (Wildman–Crippen LogP) is 5.70. The Morgan fingerprint density at radius 1 is 1.14 bits per heavy atom. The van der Waals surface area contributed by atoms with Gasteiger partial charge in [0.05, 0.1) is 22.1 Å². The van der Waals surface area contributed by atoms with Crippen molar-refractivity contribution in [1.82, 2.24) is 9.55 Å². The van der Waals surface area contributed by atoms with Crippen LogP contribution >= 0.6 is 27.5 Å². The van der Waals surface area contributed by atoms with E-state index in [9.17, 15) is 0 Å². The molecule has 21 heavy (non-hydrogen) atoms. The number of rotatable bonds is 2. The van der Waals surface area contributed by atoms with Crippen molar-refractivity contribution in [1.29, 1.82) is 0 Å². The maximum Gasteiger partial charge on any atom is 0.132 e. The summed E-state index contributed by atoms with van der Waals surface area (Å²) in [7, 11) is 0. The maximum atomic E-state index is 6.38. The van der Waals surface area contributed by atoms with Gasteiger partial charge in [0.1, 0.15) is 5.82 Å². The van der Waals surface area contributed by atoms with Crippen LogP contribution in [0.2, 0.25) is 0 Å². The van der Waals surface area contributed by atoms with Gasteiger partial charge in [-0.25, -0.2) is 4.98 Å². The third-order valence-corrected chi connectivity index (χ3v) is 4.36. The fourth-order valence-corrected chi connectivity index (χ4v) is 3.14. The lowest BCUT2D eigenvalue weighted by molar-refractivity contribution is 0.876. The quantitative estimate of drug-likeness (QED) is 0.534. The van der Waals surface area contributed by atoms with Crippen LogP contribution in [0.1, 0.15) is 29.3 Å². The van der Waals surface area contributed by atoms with Crippen LogP contribution in [0.25, 0.3) is 16.7 Å². The maximum absolute atomic E-state index is 6.38. The molecule has 1 unspecified atom stereocenters. The van der Waals surface area contributed by atoms with Crippen molar-refractivity contribution in [3.8, 4) is 5.69 Å². The van der Waals surface area contributed by atoms with Crippen molar-refractivity contribution in [2.75, 3.05) is 0 Å². The summed E-state index contributed by atoms with van der Waals surface area (Å²) in [6, 6.07) is 12.4. The summed E-state index contributed by atoms with van der Waals surface area (Å²) in [5.74, 6) is 0.877. The van der Waals surface area contributed by atoms with E-state index in [0.717, 1.165) is 27.0 Å². The van der Waals surface area contributed by atoms with Gasteiger partial charge in [0, 0.05) is 4.47 Å². The van der Waals surface area contributed by atoms with Gasteiger partial charge in [-0.2, -0.15) is 0 Å². The number of hydrogen-bond acceptors (Lipinski definition) is 1. The largest absolute Gasteiger partial charge is 0.294 e. The van der Waals surface area contributed by atoms with Gasteiger partial charge in [0.15, 0.2) is 0 Å². The fraction of sp³-hybridized carbons (Fsp3) is 0.235. The molecule has 4 heteroatoms. The first-order valence-electron chi connectivity index (χ1n) is 6.87. The number of aryl methyl sites for hydroxylation is 2. The number of benzene rings is 2. The molecular formula is C17H16BrClN2. The molecule has 1 heterocycles. The SMILES string of the molecule is Cc1ccc(Br)cc1-n1c(C(C)Cl)nc2cccc(C)c21. The Balaban J connectivity index is 2.44. The average Bonchev–Trinajstić information content (AvgIpc) is 2.82. The summed E-state index contributed by atoms with van der Waals surface area (Å²) < 4.78 is 3.23. The van der Waals surface area contributed by atoms with E-state index in [2.05, 4.69) is 58.6 Å². The highest BCUT2D eigenvalue weighted by Crippen LogP contribution is 2.32. The van der Waals surface area contributed by atoms with E-state index in [0.29, 0.717) is 0 Å². The first kappa shape index (κ1) is 14.6. The van der Waals surface area contributed by atoms with E-state index in [4.69, 9.17) is 16.6 Å². The first-order valence-corrected chi connectivity index (χ1v) is 8.10. The standard InChI is InChI=1S/C17H16BrClN2/c1-10-7-8-13(18)9-15(10)21-16-11(2)5-4-6-14(16)20-17(21)12(3)19/h4-9,12H,1-3H3. The molecule has 108 valence electrons. The van der Waals surface area contributed by atoms with Crippen molar-refractivity contribution >= 4 is 38.6 Å². The third-order valence-electron chi connectivity index (χ3n) is 3.67. The normalized spacial score (nSPS) is 12.8. The van der Waals surface area contributed by atoms with Gasteiger partial charge in [-0.15, -0.1) is 11.6 Å². The molecule has 1 atom stereocenters. The Labute approximate surface area is 137 Å². The van der Waals surface area contributed by atoms with Gasteiger partial charge >= 0.3 is 0 Å². The molecule has 0 bridgehead atoms. The zero-order chi connectivity index (χ0) is 15.1. The molecule has 3 rings (SSSR count). The second-order valence-electron chi connectivity index (χ2n) is 5.29. The molecule has 0 amide bonds. The van der Waals surface area contributed by atoms with Gasteiger partial charge in [0.25, 0.3) is 0 Å². The van der Waals surface area contributed by atoms with E-state index in [1.54, 1.807) is 0 Å². The Morgan fingerprint density at radius 3 is 2.62 bits per heavy atom. The summed E-state index contributed by atoms with van der Waals surface area (Å²) in [5, 5.41) is -0.157. The Hall–Kier alpha value is -1.32. The summed E-state index contributed by atoms with van der Waals surface area (Å²) in [5.41, 5.74) is 5.61. The number of hydrogen-bond donors (Lipinski definition) is 0. The monoisotopic (exact) mass is 362 g/mol. The Kier molecular flexibility index (Phi) is 3.80. The van der Waals surface area contributed by atoms with E-state index in [-0.39, 0.29) is 5.38 Å². The van der Waals surface area contributed by atoms with E-state index in [1.165, 1.54) is 11.1 Å². The zero-order valence-electron chi connectivity index (χ0n) is 12.2. The molecule has 0 aliphatic heterocycles. The molecule has 2 aromatic carbocycles. The smallest absolute Gasteiger partial charge is 0.132 e. The van der Waals surface area contributed by atoms with Crippen molar-refractivity contribution in [2.45, 2.75) is 26.1 Å². The molecule has 0 saturated heterocycles. The number of para-hydroxylation sites is 1. The van der Waals surface area contributed by atoms with E-state index >= 15 is 0 Å². The highest BCUT2D eigenvalue weighted by molar-refractivity contribution is 9.10. The molecule has 3 aromatic rings. The van der Waals surface area contributed by atoms with Crippen LogP contribution in [0.5, 0.6) is 0 Å². The molecule has 1 aromatic heterocycles.